The van der Waals surface area contributed by atoms with Gasteiger partial charge < -0.3 is 0 Å². The Labute approximate surface area is 564 Å². The second kappa shape index (κ2) is 34.5. The van der Waals surface area contributed by atoms with Crippen LogP contribution in [0.2, 0.25) is 10.0 Å². The fourth-order valence-corrected chi connectivity index (χ4v) is 8.81. The maximum Gasteiger partial charge on any atom is 0.422 e. The fraction of sp³-hybridized carbons (Fsp3) is 0.170. The lowest BCUT2D eigenvalue weighted by atomic mass is 10.0. The summed E-state index contributed by atoms with van der Waals surface area (Å²) in [5.74, 6) is -34.6. The van der Waals surface area contributed by atoms with Crippen molar-refractivity contribution in [3.05, 3.63) is 242 Å². The van der Waals surface area contributed by atoms with Crippen LogP contribution in [0, 0.1) is 229 Å². The van der Waals surface area contributed by atoms with E-state index in [4.69, 9.17) is 33.7 Å². The van der Waals surface area contributed by atoms with Crippen LogP contribution in [-0.4, -0.2) is 9.85 Å². The van der Waals surface area contributed by atoms with Crippen molar-refractivity contribution in [2.45, 2.75) is 60.8 Å². The van der Waals surface area contributed by atoms with E-state index in [-0.39, 0.29) is 20.1 Å². The van der Waals surface area contributed by atoms with Gasteiger partial charge >= 0.3 is 23.7 Å². The van der Waals surface area contributed by atoms with E-state index in [1.807, 2.05) is 0 Å². The van der Waals surface area contributed by atoms with Crippen molar-refractivity contribution in [2.75, 3.05) is 0 Å². The predicted molar refractivity (Wildman–Crippen MR) is 296 cm³/mol. The number of hydrogen-bond acceptors (Lipinski definition) is 6. The van der Waals surface area contributed by atoms with Crippen molar-refractivity contribution in [1.82, 2.24) is 0 Å². The van der Waals surface area contributed by atoms with Gasteiger partial charge in [-0.2, -0.15) is 50.0 Å². The molecule has 0 atom stereocenters. The lowest BCUT2D eigenvalue weighted by molar-refractivity contribution is -0.402. The van der Waals surface area contributed by atoms with Crippen LogP contribution in [0.5, 0.6) is 0 Å². The quantitative estimate of drug-likeness (QED) is 0.0423. The van der Waals surface area contributed by atoms with Gasteiger partial charge in [-0.25, -0.2) is 87.8 Å². The van der Waals surface area contributed by atoms with Crippen LogP contribution in [0.15, 0.2) is 13.4 Å². The molecule has 0 aliphatic rings. The molecule has 522 valence electrons. The summed E-state index contributed by atoms with van der Waals surface area (Å²) in [5, 5.41) is 35.7. The first kappa shape index (κ1) is 87.1. The number of nitrogens with zero attached hydrogens (tertiary/aromatic N) is 4. The molecule has 7 rings (SSSR count). The number of hydrogen-bond donors (Lipinski definition) is 0. The number of alkyl halides is 6. The highest BCUT2D eigenvalue weighted by Gasteiger charge is 2.47. The fourth-order valence-electron chi connectivity index (χ4n) is 6.21. The van der Waals surface area contributed by atoms with Crippen LogP contribution in [0.3, 0.4) is 0 Å². The SMILES string of the molecule is Cc1c(F)c(Br)c(F)c(Br)c1F.Cc1c(F)c(C#N)c(F)c(C#N)c1F.Cc1c(F)c(C(F)(F)F)c(F)c(C(F)(F)F)c1F.Cc1c(F)c(Cl)c(F)c(Cl)c1F.Cc1c(F)c(F)c(Br)c(F)c1F.Cc1c(F)c(F)c(I)c(F)c1F.Cc1c(F)c([N+](=O)[O-])c(F)c([N+](=O)[O-])c1F. The van der Waals surface area contributed by atoms with Crippen molar-refractivity contribution in [2.24, 2.45) is 0 Å². The minimum absolute atomic E-state index is 0.213. The van der Waals surface area contributed by atoms with Gasteiger partial charge in [0.1, 0.15) is 79.3 Å². The number of nitriles is 2. The summed E-state index contributed by atoms with van der Waals surface area (Å²) < 4.78 is 366. The summed E-state index contributed by atoms with van der Waals surface area (Å²) in [7, 11) is 0. The normalized spacial score (nSPS) is 10.8. The Bertz CT molecular complexity index is 3550. The topological polar surface area (TPSA) is 134 Å². The molecule has 0 aliphatic heterocycles. The number of nitro benzene ring substituents is 2. The summed E-state index contributed by atoms with van der Waals surface area (Å²) >= 11 is 19.2. The third-order valence-corrected chi connectivity index (χ3v) is 15.1. The summed E-state index contributed by atoms with van der Waals surface area (Å²) in [6.45, 7) is 6.43. The van der Waals surface area contributed by atoms with E-state index < -0.39 is 236 Å². The smallest absolute Gasteiger partial charge is 0.258 e. The van der Waals surface area contributed by atoms with E-state index in [1.54, 1.807) is 0 Å². The molecule has 43 heteroatoms. The number of nitro groups is 2. The minimum atomic E-state index is -5.70. The molecule has 0 amide bonds. The highest BCUT2D eigenvalue weighted by molar-refractivity contribution is 14.1. The molecule has 0 fully saturated rings. The Morgan fingerprint density at radius 2 is 0.573 bits per heavy atom. The zero-order valence-corrected chi connectivity index (χ0v) is 55.1. The average Bonchev–Trinajstić information content (AvgIpc) is 0.771. The number of halogens is 35. The lowest BCUT2D eigenvalue weighted by Gasteiger charge is -2.17. The van der Waals surface area contributed by atoms with Crippen molar-refractivity contribution in [3.63, 3.8) is 0 Å². The third-order valence-electron chi connectivity index (χ3n) is 11.4. The maximum atomic E-state index is 13.1. The maximum absolute atomic E-state index is 13.1. The Morgan fingerprint density at radius 3 is 0.854 bits per heavy atom. The standard InChI is InChI=1S/C9H3F9.C9H3F3N2.C7H3Br2F3.C7H3BrF4.C7H3Cl2F3.C7H3F4I.C7H3F3N2O4/c1-2-5(10)3(8(13,14)15)7(12)4(6(2)11)9(16,17)18;1-4-7(10)5(2-13)9(12)6(3-14)8(4)11;1-2-5(10)3(8)7(12)4(9)6(2)11;1-2-4(9)6(11)3(8)7(12)5(2)10;1-2-5(10)3(8)7(12)4(9)6(2)11;1-2-3(8)5(10)7(12)6(11)4(2)9;1-2-3(8)6(11(13)14)5(10)7(4(2)9)12(15)16/h1H3;1H3;4*1H3;1H3. The first-order valence-electron chi connectivity index (χ1n) is 23.2. The van der Waals surface area contributed by atoms with Gasteiger partial charge in [0.25, 0.3) is 5.82 Å². The molecule has 0 aromatic heterocycles. The molecule has 7 aromatic carbocycles. The van der Waals surface area contributed by atoms with Crippen LogP contribution in [0.25, 0.3) is 0 Å². The highest BCUT2D eigenvalue weighted by atomic mass is 127. The molecule has 0 N–H and O–H groups in total. The van der Waals surface area contributed by atoms with E-state index in [1.165, 1.54) is 41.7 Å². The molecule has 0 radical (unpaired) electrons. The van der Waals surface area contributed by atoms with E-state index in [2.05, 4.69) is 47.8 Å². The van der Waals surface area contributed by atoms with E-state index in [9.17, 15) is 148 Å². The molecule has 0 saturated carbocycles. The highest BCUT2D eigenvalue weighted by Crippen LogP contribution is 2.43. The zero-order chi connectivity index (χ0) is 75.8. The summed E-state index contributed by atoms with van der Waals surface area (Å²) in [5.41, 5.74) is -15.8. The average molecular weight is 1770 g/mol. The number of benzene rings is 7. The van der Waals surface area contributed by atoms with Gasteiger partial charge in [-0.1, -0.05) is 23.2 Å². The van der Waals surface area contributed by atoms with Gasteiger partial charge in [-0.15, -0.1) is 0 Å². The summed E-state index contributed by atoms with van der Waals surface area (Å²) in [6, 6.07) is 2.48. The number of rotatable bonds is 2. The van der Waals surface area contributed by atoms with Gasteiger partial charge in [-0.05, 0) is 119 Å². The molecule has 0 aliphatic carbocycles. The molecule has 0 spiro atoms. The largest absolute Gasteiger partial charge is 0.422 e. The Hall–Kier alpha value is -6.96. The molecule has 0 unspecified atom stereocenters. The Kier molecular flexibility index (Phi) is 31.3. The van der Waals surface area contributed by atoms with Crippen molar-refractivity contribution < 1.29 is 137 Å². The molecular formula is C53H21Br3Cl2F29IN4O4. The Balaban J connectivity index is 0.000000563. The summed E-state index contributed by atoms with van der Waals surface area (Å²) in [6.07, 6.45) is -11.4. The van der Waals surface area contributed by atoms with Gasteiger partial charge in [-0.3, -0.25) is 20.2 Å². The van der Waals surface area contributed by atoms with Gasteiger partial charge in [0.2, 0.25) is 11.6 Å². The molecule has 0 saturated heterocycles. The van der Waals surface area contributed by atoms with Crippen molar-refractivity contribution >= 4 is 105 Å². The minimum Gasteiger partial charge on any atom is -0.258 e. The van der Waals surface area contributed by atoms with Crippen LogP contribution >= 0.6 is 93.6 Å². The molecule has 7 aromatic rings. The van der Waals surface area contributed by atoms with E-state index >= 15 is 0 Å². The first-order chi connectivity index (χ1) is 43.6. The first-order valence-corrected chi connectivity index (χ1v) is 27.5. The molecule has 8 nitrogen and oxygen atoms in total. The van der Waals surface area contributed by atoms with Crippen molar-refractivity contribution in [3.8, 4) is 12.1 Å². The van der Waals surface area contributed by atoms with E-state index in [0.29, 0.717) is 6.92 Å². The molecule has 0 heterocycles. The molecular weight excluding hydrogens is 1750 g/mol. The molecule has 0 bridgehead atoms. The van der Waals surface area contributed by atoms with Gasteiger partial charge in [0.05, 0.1) is 26.8 Å². The third kappa shape index (κ3) is 18.8. The lowest BCUT2D eigenvalue weighted by Crippen LogP contribution is -2.21. The second-order valence-electron chi connectivity index (χ2n) is 17.4. The monoisotopic (exact) mass is 1760 g/mol. The second-order valence-corrected chi connectivity index (χ2v) is 21.6. The van der Waals surface area contributed by atoms with Crippen LogP contribution < -0.4 is 0 Å². The zero-order valence-electron chi connectivity index (χ0n) is 46.7. The van der Waals surface area contributed by atoms with Gasteiger partial charge in [0, 0.05) is 38.9 Å². The van der Waals surface area contributed by atoms with Crippen LogP contribution in [0.4, 0.5) is 139 Å². The van der Waals surface area contributed by atoms with Crippen LogP contribution in [0.1, 0.15) is 61.2 Å². The molecule has 96 heavy (non-hydrogen) atoms. The Morgan fingerprint density at radius 1 is 0.333 bits per heavy atom. The predicted octanol–water partition coefficient (Wildman–Crippen LogP) is 23.0. The summed E-state index contributed by atoms with van der Waals surface area (Å²) in [4.78, 5) is 17.6. The van der Waals surface area contributed by atoms with E-state index in [0.717, 1.165) is 34.6 Å². The van der Waals surface area contributed by atoms with Crippen molar-refractivity contribution in [1.29, 1.82) is 10.5 Å². The van der Waals surface area contributed by atoms with Crippen LogP contribution in [-0.2, 0) is 12.4 Å². The van der Waals surface area contributed by atoms with Gasteiger partial charge in [0.15, 0.2) is 81.4 Å².